The summed E-state index contributed by atoms with van der Waals surface area (Å²) in [6.07, 6.45) is -4.33. The summed E-state index contributed by atoms with van der Waals surface area (Å²) in [7, 11) is 1.48. The Labute approximate surface area is 117 Å². The molecule has 1 N–H and O–H groups in total. The van der Waals surface area contributed by atoms with Crippen molar-refractivity contribution in [2.45, 2.75) is 12.7 Å². The van der Waals surface area contributed by atoms with E-state index in [1.54, 1.807) is 24.3 Å². The molecule has 0 fully saturated rings. The summed E-state index contributed by atoms with van der Waals surface area (Å²) in [6.45, 7) is -0.147. The first-order chi connectivity index (χ1) is 9.82. The highest BCUT2D eigenvalue weighted by Gasteiger charge is 2.38. The Bertz CT molecular complexity index is 693. The van der Waals surface area contributed by atoms with Crippen LogP contribution in [0.5, 0.6) is 11.5 Å². The third kappa shape index (κ3) is 3.15. The average Bonchev–Trinajstić information content (AvgIpc) is 2.41. The van der Waals surface area contributed by atoms with Gasteiger partial charge in [0.2, 0.25) is 0 Å². The van der Waals surface area contributed by atoms with E-state index in [2.05, 4.69) is 5.10 Å². The second kappa shape index (κ2) is 5.47. The van der Waals surface area contributed by atoms with Gasteiger partial charge in [-0.25, -0.2) is 4.68 Å². The lowest BCUT2D eigenvalue weighted by atomic mass is 10.2. The van der Waals surface area contributed by atoms with Crippen LogP contribution in [-0.4, -0.2) is 22.0 Å². The highest BCUT2D eigenvalue weighted by Crippen LogP contribution is 2.32. The van der Waals surface area contributed by atoms with Crippen LogP contribution in [0.1, 0.15) is 11.1 Å². The van der Waals surface area contributed by atoms with Crippen molar-refractivity contribution >= 4 is 0 Å². The molecule has 21 heavy (non-hydrogen) atoms. The van der Waals surface area contributed by atoms with Gasteiger partial charge in [-0.15, -0.1) is 0 Å². The van der Waals surface area contributed by atoms with E-state index in [1.165, 1.54) is 7.11 Å². The van der Waals surface area contributed by atoms with Gasteiger partial charge in [0.05, 0.1) is 19.9 Å². The molecule has 2 rings (SSSR count). The minimum atomic E-state index is -4.94. The smallest absolute Gasteiger partial charge is 0.425 e. The zero-order chi connectivity index (χ0) is 15.6. The fourth-order valence-electron chi connectivity index (χ4n) is 1.76. The molecular formula is C13H11F3N2O3. The van der Waals surface area contributed by atoms with Crippen LogP contribution in [0, 0.1) is 0 Å². The van der Waals surface area contributed by atoms with Gasteiger partial charge in [-0.3, -0.25) is 4.79 Å². The van der Waals surface area contributed by atoms with Gasteiger partial charge >= 0.3 is 6.18 Å². The Morgan fingerprint density at radius 1 is 1.29 bits per heavy atom. The van der Waals surface area contributed by atoms with Gasteiger partial charge < -0.3 is 9.84 Å². The van der Waals surface area contributed by atoms with Crippen LogP contribution in [0.25, 0.3) is 0 Å². The number of aromatic nitrogens is 2. The highest BCUT2D eigenvalue weighted by molar-refractivity contribution is 5.30. The molecule has 0 aliphatic carbocycles. The zero-order valence-electron chi connectivity index (χ0n) is 10.9. The van der Waals surface area contributed by atoms with Crippen LogP contribution in [0.15, 0.2) is 35.3 Å². The molecule has 0 radical (unpaired) electrons. The van der Waals surface area contributed by atoms with Gasteiger partial charge in [0, 0.05) is 0 Å². The van der Waals surface area contributed by atoms with Gasteiger partial charge in [0.15, 0.2) is 11.3 Å². The predicted molar refractivity (Wildman–Crippen MR) is 67.3 cm³/mol. The summed E-state index contributed by atoms with van der Waals surface area (Å²) in [6, 6.07) is 6.44. The summed E-state index contributed by atoms with van der Waals surface area (Å²) < 4.78 is 43.7. The van der Waals surface area contributed by atoms with E-state index in [0.29, 0.717) is 22.2 Å². The van der Waals surface area contributed by atoms with Gasteiger partial charge in [-0.2, -0.15) is 18.3 Å². The van der Waals surface area contributed by atoms with E-state index >= 15 is 0 Å². The number of hydrogen-bond donors (Lipinski definition) is 1. The molecule has 0 spiro atoms. The van der Waals surface area contributed by atoms with Crippen LogP contribution in [-0.2, 0) is 12.7 Å². The fourth-order valence-corrected chi connectivity index (χ4v) is 1.76. The third-order valence-corrected chi connectivity index (χ3v) is 2.80. The highest BCUT2D eigenvalue weighted by atomic mass is 19.4. The second-order valence-electron chi connectivity index (χ2n) is 4.21. The van der Waals surface area contributed by atoms with Crippen molar-refractivity contribution < 1.29 is 23.0 Å². The number of rotatable bonds is 3. The maximum atomic E-state index is 12.7. The Morgan fingerprint density at radius 2 is 1.90 bits per heavy atom. The van der Waals surface area contributed by atoms with Crippen molar-refractivity contribution in [3.63, 3.8) is 0 Å². The molecular weight excluding hydrogens is 289 g/mol. The third-order valence-electron chi connectivity index (χ3n) is 2.80. The Hall–Kier alpha value is -2.51. The predicted octanol–water partition coefficient (Wildman–Crippen LogP) is 2.02. The Morgan fingerprint density at radius 3 is 2.43 bits per heavy atom. The first-order valence-electron chi connectivity index (χ1n) is 5.82. The largest absolute Gasteiger partial charge is 0.505 e. The summed E-state index contributed by atoms with van der Waals surface area (Å²) in [5.74, 6) is -0.598. The van der Waals surface area contributed by atoms with Crippen molar-refractivity contribution in [3.05, 3.63) is 51.9 Å². The minimum absolute atomic E-state index is 0.147. The maximum Gasteiger partial charge on any atom is 0.425 e. The molecule has 0 saturated heterocycles. The first-order valence-corrected chi connectivity index (χ1v) is 5.82. The SMILES string of the molecule is COc1ccc(Cn2ncc(O)c(C(F)(F)F)c2=O)cc1. The lowest BCUT2D eigenvalue weighted by Gasteiger charge is -2.11. The number of alkyl halides is 3. The molecule has 1 heterocycles. The van der Waals surface area contributed by atoms with Crippen molar-refractivity contribution in [1.82, 2.24) is 9.78 Å². The average molecular weight is 300 g/mol. The topological polar surface area (TPSA) is 64.3 Å². The molecule has 112 valence electrons. The summed E-state index contributed by atoms with van der Waals surface area (Å²) in [4.78, 5) is 11.8. The lowest BCUT2D eigenvalue weighted by molar-refractivity contribution is -0.140. The number of benzene rings is 1. The van der Waals surface area contributed by atoms with Gasteiger partial charge in [-0.05, 0) is 17.7 Å². The summed E-state index contributed by atoms with van der Waals surface area (Å²) >= 11 is 0. The molecule has 0 aliphatic rings. The van der Waals surface area contributed by atoms with Crippen LogP contribution in [0.4, 0.5) is 13.2 Å². The van der Waals surface area contributed by atoms with Crippen molar-refractivity contribution in [1.29, 1.82) is 0 Å². The van der Waals surface area contributed by atoms with Crippen molar-refractivity contribution in [2.75, 3.05) is 7.11 Å². The summed E-state index contributed by atoms with van der Waals surface area (Å²) in [5, 5.41) is 12.7. The second-order valence-corrected chi connectivity index (χ2v) is 4.21. The van der Waals surface area contributed by atoms with E-state index in [9.17, 15) is 23.1 Å². The molecule has 0 atom stereocenters. The summed E-state index contributed by atoms with van der Waals surface area (Å²) in [5.41, 5.74) is -2.44. The van der Waals surface area contributed by atoms with E-state index in [-0.39, 0.29) is 6.54 Å². The fraction of sp³-hybridized carbons (Fsp3) is 0.231. The van der Waals surface area contributed by atoms with E-state index in [1.807, 2.05) is 0 Å². The lowest BCUT2D eigenvalue weighted by Crippen LogP contribution is -2.30. The standard InChI is InChI=1S/C13H11F3N2O3/c1-21-9-4-2-8(3-5-9)7-18-12(20)11(13(14,15)16)10(19)6-17-18/h2-6,19H,7H2,1H3. The van der Waals surface area contributed by atoms with E-state index in [0.717, 1.165) is 0 Å². The molecule has 1 aromatic heterocycles. The number of nitrogens with zero attached hydrogens (tertiary/aromatic N) is 2. The molecule has 1 aromatic carbocycles. The number of ether oxygens (including phenoxy) is 1. The number of halogens is 3. The zero-order valence-corrected chi connectivity index (χ0v) is 10.9. The normalized spacial score (nSPS) is 11.4. The van der Waals surface area contributed by atoms with Crippen LogP contribution in [0.2, 0.25) is 0 Å². The number of methoxy groups -OCH3 is 1. The molecule has 0 unspecified atom stereocenters. The number of aromatic hydroxyl groups is 1. The molecule has 0 saturated carbocycles. The van der Waals surface area contributed by atoms with Gasteiger partial charge in [-0.1, -0.05) is 12.1 Å². The van der Waals surface area contributed by atoms with Crippen LogP contribution < -0.4 is 10.3 Å². The Balaban J connectivity index is 2.39. The molecule has 2 aromatic rings. The minimum Gasteiger partial charge on any atom is -0.505 e. The monoisotopic (exact) mass is 300 g/mol. The first kappa shape index (κ1) is 14.9. The van der Waals surface area contributed by atoms with Crippen LogP contribution >= 0.6 is 0 Å². The molecule has 0 amide bonds. The molecule has 0 aliphatic heterocycles. The molecule has 5 nitrogen and oxygen atoms in total. The van der Waals surface area contributed by atoms with Crippen LogP contribution in [0.3, 0.4) is 0 Å². The van der Waals surface area contributed by atoms with E-state index < -0.39 is 23.0 Å². The van der Waals surface area contributed by atoms with Crippen molar-refractivity contribution in [3.8, 4) is 11.5 Å². The van der Waals surface area contributed by atoms with Gasteiger partial charge in [0.1, 0.15) is 5.75 Å². The van der Waals surface area contributed by atoms with Gasteiger partial charge in [0.25, 0.3) is 5.56 Å². The molecule has 0 bridgehead atoms. The maximum absolute atomic E-state index is 12.7. The number of hydrogen-bond acceptors (Lipinski definition) is 4. The molecule has 8 heteroatoms. The van der Waals surface area contributed by atoms with E-state index in [4.69, 9.17) is 4.74 Å². The quantitative estimate of drug-likeness (QED) is 0.942. The van der Waals surface area contributed by atoms with Crippen molar-refractivity contribution in [2.24, 2.45) is 0 Å². The Kier molecular flexibility index (Phi) is 3.88.